The average Bonchev–Trinajstić information content (AvgIpc) is 3.12. The van der Waals surface area contributed by atoms with Gasteiger partial charge in [0, 0.05) is 0 Å². The lowest BCUT2D eigenvalue weighted by atomic mass is 9.86. The minimum atomic E-state index is 0.678. The van der Waals surface area contributed by atoms with Gasteiger partial charge in [-0.1, -0.05) is 263 Å². The zero-order valence-corrected chi connectivity index (χ0v) is 33.8. The number of hydrogen-bond donors (Lipinski definition) is 0. The first-order chi connectivity index (χ1) is 24.3. The Morgan fingerprint density at radius 3 is 1.12 bits per heavy atom. The normalized spacial score (nSPS) is 12.3. The summed E-state index contributed by atoms with van der Waals surface area (Å²) in [5.41, 5.74) is 3.32. The molecule has 2 aromatic carbocycles. The number of unbranched alkanes of at least 4 members (excludes halogenated alkanes) is 31. The maximum Gasteiger partial charge on any atom is -0.0149 e. The van der Waals surface area contributed by atoms with Gasteiger partial charge in [-0.15, -0.1) is 0 Å². The van der Waals surface area contributed by atoms with Crippen molar-refractivity contribution in [3.63, 3.8) is 0 Å². The Morgan fingerprint density at radius 1 is 0.367 bits per heavy atom. The zero-order valence-electron chi connectivity index (χ0n) is 33.8. The molecule has 0 bridgehead atoms. The van der Waals surface area contributed by atoms with Crippen LogP contribution in [0.15, 0.2) is 36.4 Å². The Bertz CT molecular complexity index is 971. The second-order valence-electron chi connectivity index (χ2n) is 16.3. The fourth-order valence-electron chi connectivity index (χ4n) is 8.27. The molecule has 49 heavy (non-hydrogen) atoms. The molecule has 0 N–H and O–H groups in total. The molecule has 0 heteroatoms. The van der Waals surface area contributed by atoms with Crippen LogP contribution < -0.4 is 0 Å². The topological polar surface area (TPSA) is 0 Å². The van der Waals surface area contributed by atoms with Crippen LogP contribution in [0.4, 0.5) is 0 Å². The van der Waals surface area contributed by atoms with E-state index in [0.29, 0.717) is 5.92 Å². The van der Waals surface area contributed by atoms with Gasteiger partial charge in [-0.05, 0) is 47.1 Å². The summed E-state index contributed by atoms with van der Waals surface area (Å²) in [5, 5.41) is 2.96. The van der Waals surface area contributed by atoms with Crippen molar-refractivity contribution < 1.29 is 0 Å². The molecule has 0 saturated carbocycles. The minimum Gasteiger partial charge on any atom is -0.0654 e. The summed E-state index contributed by atoms with van der Waals surface area (Å²) >= 11 is 0. The second kappa shape index (κ2) is 32.6. The fourth-order valence-corrected chi connectivity index (χ4v) is 8.27. The van der Waals surface area contributed by atoms with Crippen molar-refractivity contribution in [2.45, 2.75) is 251 Å². The third kappa shape index (κ3) is 23.0. The quantitative estimate of drug-likeness (QED) is 0.0631. The van der Waals surface area contributed by atoms with Crippen LogP contribution in [0.3, 0.4) is 0 Å². The SMILES string of the molecule is CCCCCCCCCCCCCCCCCCCCc1c(C(C)CCCCCCCCCCCCCCCCC)ccc2ccccc12. The largest absolute Gasteiger partial charge is 0.0654 e. The predicted octanol–water partition coefficient (Wildman–Crippen LogP) is 17.8. The van der Waals surface area contributed by atoms with E-state index in [1.165, 1.54) is 236 Å². The van der Waals surface area contributed by atoms with Crippen LogP contribution in [0.25, 0.3) is 10.8 Å². The molecule has 0 aromatic heterocycles. The van der Waals surface area contributed by atoms with Crippen LogP contribution in [-0.4, -0.2) is 0 Å². The van der Waals surface area contributed by atoms with Crippen molar-refractivity contribution in [1.82, 2.24) is 0 Å². The predicted molar refractivity (Wildman–Crippen MR) is 224 cm³/mol. The van der Waals surface area contributed by atoms with Gasteiger partial charge in [0.2, 0.25) is 0 Å². The van der Waals surface area contributed by atoms with E-state index in [4.69, 9.17) is 0 Å². The van der Waals surface area contributed by atoms with Crippen LogP contribution >= 0.6 is 0 Å². The second-order valence-corrected chi connectivity index (χ2v) is 16.3. The number of benzene rings is 2. The lowest BCUT2D eigenvalue weighted by molar-refractivity contribution is 0.521. The maximum absolute atomic E-state index is 2.51. The highest BCUT2D eigenvalue weighted by molar-refractivity contribution is 5.87. The molecule has 0 aliphatic heterocycles. The molecule has 2 aromatic rings. The van der Waals surface area contributed by atoms with Gasteiger partial charge in [0.05, 0.1) is 0 Å². The molecule has 0 saturated heterocycles. The highest BCUT2D eigenvalue weighted by Crippen LogP contribution is 2.32. The number of rotatable bonds is 36. The van der Waals surface area contributed by atoms with Crippen LogP contribution in [-0.2, 0) is 6.42 Å². The first kappa shape index (κ1) is 43.9. The molecule has 0 aliphatic carbocycles. The van der Waals surface area contributed by atoms with Crippen LogP contribution in [0, 0.1) is 0 Å². The summed E-state index contributed by atoms with van der Waals surface area (Å²) in [6.45, 7) is 7.13. The third-order valence-electron chi connectivity index (χ3n) is 11.6. The summed E-state index contributed by atoms with van der Waals surface area (Å²) in [6.07, 6.45) is 50.4. The Hall–Kier alpha value is -1.30. The van der Waals surface area contributed by atoms with E-state index in [-0.39, 0.29) is 0 Å². The third-order valence-corrected chi connectivity index (χ3v) is 11.6. The summed E-state index contributed by atoms with van der Waals surface area (Å²) in [6, 6.07) is 14.1. The fraction of sp³-hybridized carbons (Fsp3) is 0.796. The molecular weight excluding hydrogens is 589 g/mol. The van der Waals surface area contributed by atoms with Gasteiger partial charge in [-0.2, -0.15) is 0 Å². The smallest absolute Gasteiger partial charge is 0.0149 e. The number of aryl methyl sites for hydroxylation is 1. The van der Waals surface area contributed by atoms with Crippen molar-refractivity contribution in [3.05, 3.63) is 47.5 Å². The van der Waals surface area contributed by atoms with E-state index in [1.807, 2.05) is 0 Å². The molecule has 0 radical (unpaired) electrons. The molecule has 2 rings (SSSR count). The van der Waals surface area contributed by atoms with E-state index >= 15 is 0 Å². The van der Waals surface area contributed by atoms with Gasteiger partial charge < -0.3 is 0 Å². The van der Waals surface area contributed by atoms with E-state index in [1.54, 1.807) is 11.1 Å². The first-order valence-electron chi connectivity index (χ1n) is 22.8. The van der Waals surface area contributed by atoms with Gasteiger partial charge in [-0.25, -0.2) is 0 Å². The highest BCUT2D eigenvalue weighted by Gasteiger charge is 2.13. The number of fused-ring (bicyclic) bond motifs is 1. The Kier molecular flexibility index (Phi) is 29.2. The molecular formula is C49H86. The molecule has 0 heterocycles. The van der Waals surface area contributed by atoms with E-state index < -0.39 is 0 Å². The Morgan fingerprint density at radius 2 is 0.714 bits per heavy atom. The van der Waals surface area contributed by atoms with E-state index in [2.05, 4.69) is 57.2 Å². The van der Waals surface area contributed by atoms with Crippen molar-refractivity contribution in [3.8, 4) is 0 Å². The van der Waals surface area contributed by atoms with Crippen LogP contribution in [0.1, 0.15) is 256 Å². The van der Waals surface area contributed by atoms with Crippen molar-refractivity contribution in [2.24, 2.45) is 0 Å². The van der Waals surface area contributed by atoms with Crippen molar-refractivity contribution in [2.75, 3.05) is 0 Å². The molecule has 1 atom stereocenters. The van der Waals surface area contributed by atoms with Gasteiger partial charge in [0.1, 0.15) is 0 Å². The average molecular weight is 675 g/mol. The lowest BCUT2D eigenvalue weighted by Gasteiger charge is -2.19. The van der Waals surface area contributed by atoms with Crippen LogP contribution in [0.5, 0.6) is 0 Å². The van der Waals surface area contributed by atoms with Gasteiger partial charge in [0.15, 0.2) is 0 Å². The van der Waals surface area contributed by atoms with E-state index in [9.17, 15) is 0 Å². The molecule has 0 fully saturated rings. The molecule has 0 spiro atoms. The molecule has 0 amide bonds. The highest BCUT2D eigenvalue weighted by atomic mass is 14.2. The molecule has 282 valence electrons. The first-order valence-corrected chi connectivity index (χ1v) is 22.8. The zero-order chi connectivity index (χ0) is 34.9. The molecule has 0 nitrogen and oxygen atoms in total. The van der Waals surface area contributed by atoms with Gasteiger partial charge >= 0.3 is 0 Å². The minimum absolute atomic E-state index is 0.678. The van der Waals surface area contributed by atoms with Crippen molar-refractivity contribution in [1.29, 1.82) is 0 Å². The maximum atomic E-state index is 2.51. The van der Waals surface area contributed by atoms with Crippen LogP contribution in [0.2, 0.25) is 0 Å². The lowest BCUT2D eigenvalue weighted by Crippen LogP contribution is -2.02. The molecule has 0 aliphatic rings. The summed E-state index contributed by atoms with van der Waals surface area (Å²) in [5.74, 6) is 0.678. The number of hydrogen-bond acceptors (Lipinski definition) is 0. The summed E-state index contributed by atoms with van der Waals surface area (Å²) in [4.78, 5) is 0. The summed E-state index contributed by atoms with van der Waals surface area (Å²) in [7, 11) is 0. The monoisotopic (exact) mass is 675 g/mol. The van der Waals surface area contributed by atoms with Crippen molar-refractivity contribution >= 4 is 10.8 Å². The standard InChI is InChI=1S/C49H86/c1-4-6-8-10-12-14-16-18-20-21-22-24-26-28-30-32-34-36-42-49-47(44-43-46-40-37-38-41-48(46)49)45(3)39-35-33-31-29-27-25-23-19-17-15-13-11-9-7-5-2/h37-38,40-41,43-45H,4-36,39,42H2,1-3H3. The summed E-state index contributed by atoms with van der Waals surface area (Å²) < 4.78 is 0. The van der Waals surface area contributed by atoms with Gasteiger partial charge in [0.25, 0.3) is 0 Å². The van der Waals surface area contributed by atoms with E-state index in [0.717, 1.165) is 0 Å². The Labute approximate surface area is 308 Å². The van der Waals surface area contributed by atoms with Gasteiger partial charge in [-0.3, -0.25) is 0 Å². The Balaban J connectivity index is 1.52. The molecule has 1 unspecified atom stereocenters.